The monoisotopic (exact) mass is 250 g/mol. The van der Waals surface area contributed by atoms with Gasteiger partial charge in [-0.25, -0.2) is 0 Å². The van der Waals surface area contributed by atoms with Gasteiger partial charge in [-0.05, 0) is 64.6 Å². The number of nitrogens with zero attached hydrogens (tertiary/aromatic N) is 2. The summed E-state index contributed by atoms with van der Waals surface area (Å²) >= 11 is 0. The van der Waals surface area contributed by atoms with E-state index in [1.807, 2.05) is 13.8 Å². The zero-order chi connectivity index (χ0) is 13.6. The Kier molecular flexibility index (Phi) is 5.66. The minimum Gasteiger partial charge on any atom is -0.303 e. The van der Waals surface area contributed by atoms with Crippen LogP contribution < -0.4 is 0 Å². The van der Waals surface area contributed by atoms with Crippen LogP contribution in [-0.2, 0) is 0 Å². The molecule has 0 aromatic heterocycles. The standard InChI is InChI=1S/C16H30N2/c1-5-16(6-2)9-12-18(13-10-16)11-7-8-15(3,4)14-17/h5-13H2,1-4H3. The van der Waals surface area contributed by atoms with E-state index in [1.54, 1.807) is 0 Å². The Hall–Kier alpha value is -0.550. The van der Waals surface area contributed by atoms with Crippen LogP contribution in [0.2, 0.25) is 0 Å². The molecule has 0 atom stereocenters. The molecule has 0 bridgehead atoms. The molecule has 0 aliphatic carbocycles. The van der Waals surface area contributed by atoms with Crippen LogP contribution in [0.1, 0.15) is 66.2 Å². The summed E-state index contributed by atoms with van der Waals surface area (Å²) in [6.07, 6.45) is 7.57. The Labute approximate surface area is 113 Å². The van der Waals surface area contributed by atoms with Gasteiger partial charge in [-0.15, -0.1) is 0 Å². The molecule has 104 valence electrons. The molecule has 1 heterocycles. The largest absolute Gasteiger partial charge is 0.303 e. The average molecular weight is 250 g/mol. The lowest BCUT2D eigenvalue weighted by Gasteiger charge is -2.41. The molecule has 0 unspecified atom stereocenters. The first-order valence-electron chi connectivity index (χ1n) is 7.60. The minimum atomic E-state index is -0.146. The van der Waals surface area contributed by atoms with Crippen molar-refractivity contribution in [3.05, 3.63) is 0 Å². The number of piperidine rings is 1. The van der Waals surface area contributed by atoms with Crippen LogP contribution in [-0.4, -0.2) is 24.5 Å². The van der Waals surface area contributed by atoms with Crippen LogP contribution in [0.4, 0.5) is 0 Å². The van der Waals surface area contributed by atoms with Crippen molar-refractivity contribution in [2.75, 3.05) is 19.6 Å². The second-order valence-corrected chi connectivity index (χ2v) is 6.65. The predicted molar refractivity (Wildman–Crippen MR) is 77.3 cm³/mol. The van der Waals surface area contributed by atoms with E-state index >= 15 is 0 Å². The Bertz CT molecular complexity index is 274. The summed E-state index contributed by atoms with van der Waals surface area (Å²) in [5.41, 5.74) is 0.481. The summed E-state index contributed by atoms with van der Waals surface area (Å²) in [5.74, 6) is 0. The number of rotatable bonds is 6. The number of hydrogen-bond donors (Lipinski definition) is 0. The van der Waals surface area contributed by atoms with Crippen molar-refractivity contribution in [1.82, 2.24) is 4.90 Å². The summed E-state index contributed by atoms with van der Waals surface area (Å²) in [6.45, 7) is 12.5. The number of hydrogen-bond acceptors (Lipinski definition) is 2. The SMILES string of the molecule is CCC1(CC)CCN(CCCC(C)(C)C#N)CC1. The van der Waals surface area contributed by atoms with E-state index in [4.69, 9.17) is 5.26 Å². The van der Waals surface area contributed by atoms with Crippen molar-refractivity contribution in [2.24, 2.45) is 10.8 Å². The Morgan fingerprint density at radius 2 is 1.72 bits per heavy atom. The van der Waals surface area contributed by atoms with Crippen molar-refractivity contribution < 1.29 is 0 Å². The maximum Gasteiger partial charge on any atom is 0.0683 e. The smallest absolute Gasteiger partial charge is 0.0683 e. The van der Waals surface area contributed by atoms with Crippen molar-refractivity contribution >= 4 is 0 Å². The molecule has 0 amide bonds. The van der Waals surface area contributed by atoms with E-state index in [0.29, 0.717) is 5.41 Å². The molecular formula is C16H30N2. The summed E-state index contributed by atoms with van der Waals surface area (Å²) < 4.78 is 0. The first-order chi connectivity index (χ1) is 8.47. The van der Waals surface area contributed by atoms with Crippen molar-refractivity contribution in [3.8, 4) is 6.07 Å². The van der Waals surface area contributed by atoms with Gasteiger partial charge < -0.3 is 4.90 Å². The molecule has 0 aromatic carbocycles. The molecule has 0 spiro atoms. The summed E-state index contributed by atoms with van der Waals surface area (Å²) in [5, 5.41) is 9.00. The zero-order valence-corrected chi connectivity index (χ0v) is 12.8. The third-order valence-electron chi connectivity index (χ3n) is 5.00. The molecular weight excluding hydrogens is 220 g/mol. The maximum absolute atomic E-state index is 9.00. The van der Waals surface area contributed by atoms with Gasteiger partial charge in [0, 0.05) is 0 Å². The quantitative estimate of drug-likeness (QED) is 0.706. The zero-order valence-electron chi connectivity index (χ0n) is 12.8. The predicted octanol–water partition coefficient (Wildman–Crippen LogP) is 4.22. The van der Waals surface area contributed by atoms with Crippen molar-refractivity contribution in [3.63, 3.8) is 0 Å². The second-order valence-electron chi connectivity index (χ2n) is 6.65. The lowest BCUT2D eigenvalue weighted by Crippen LogP contribution is -2.40. The molecule has 0 N–H and O–H groups in total. The third kappa shape index (κ3) is 4.28. The molecule has 0 saturated carbocycles. The lowest BCUT2D eigenvalue weighted by molar-refractivity contribution is 0.0929. The van der Waals surface area contributed by atoms with Gasteiger partial charge in [0.1, 0.15) is 0 Å². The fraction of sp³-hybridized carbons (Fsp3) is 0.938. The molecule has 1 fully saturated rings. The van der Waals surface area contributed by atoms with Gasteiger partial charge >= 0.3 is 0 Å². The summed E-state index contributed by atoms with van der Waals surface area (Å²) in [6, 6.07) is 2.39. The number of nitriles is 1. The van der Waals surface area contributed by atoms with Crippen LogP contribution >= 0.6 is 0 Å². The fourth-order valence-electron chi connectivity index (χ4n) is 3.01. The van der Waals surface area contributed by atoms with E-state index in [9.17, 15) is 0 Å². The summed E-state index contributed by atoms with van der Waals surface area (Å²) in [7, 11) is 0. The van der Waals surface area contributed by atoms with Gasteiger partial charge in [-0.3, -0.25) is 0 Å². The van der Waals surface area contributed by atoms with Gasteiger partial charge in [-0.2, -0.15) is 5.26 Å². The van der Waals surface area contributed by atoms with Gasteiger partial charge in [0.05, 0.1) is 11.5 Å². The minimum absolute atomic E-state index is 0.146. The maximum atomic E-state index is 9.00. The van der Waals surface area contributed by atoms with Crippen LogP contribution in [0.5, 0.6) is 0 Å². The van der Waals surface area contributed by atoms with Crippen molar-refractivity contribution in [1.29, 1.82) is 5.26 Å². The van der Waals surface area contributed by atoms with Crippen LogP contribution in [0.15, 0.2) is 0 Å². The highest BCUT2D eigenvalue weighted by Crippen LogP contribution is 2.37. The topological polar surface area (TPSA) is 27.0 Å². The van der Waals surface area contributed by atoms with E-state index in [0.717, 1.165) is 12.8 Å². The van der Waals surface area contributed by atoms with Gasteiger partial charge in [0.15, 0.2) is 0 Å². The van der Waals surface area contributed by atoms with Crippen LogP contribution in [0.3, 0.4) is 0 Å². The molecule has 0 aromatic rings. The molecule has 2 nitrogen and oxygen atoms in total. The Morgan fingerprint density at radius 3 is 2.17 bits per heavy atom. The average Bonchev–Trinajstić information content (AvgIpc) is 2.40. The van der Waals surface area contributed by atoms with Gasteiger partial charge in [0.25, 0.3) is 0 Å². The van der Waals surface area contributed by atoms with Crippen molar-refractivity contribution in [2.45, 2.75) is 66.2 Å². The highest BCUT2D eigenvalue weighted by molar-refractivity contribution is 4.91. The van der Waals surface area contributed by atoms with Crippen LogP contribution in [0.25, 0.3) is 0 Å². The Balaban J connectivity index is 2.26. The lowest BCUT2D eigenvalue weighted by atomic mass is 9.74. The fourth-order valence-corrected chi connectivity index (χ4v) is 3.01. The third-order valence-corrected chi connectivity index (χ3v) is 5.00. The summed E-state index contributed by atoms with van der Waals surface area (Å²) in [4.78, 5) is 2.59. The molecule has 1 rings (SSSR count). The first kappa shape index (κ1) is 15.5. The molecule has 1 aliphatic rings. The normalized spacial score (nSPS) is 20.6. The van der Waals surface area contributed by atoms with E-state index in [2.05, 4.69) is 24.8 Å². The molecule has 18 heavy (non-hydrogen) atoms. The highest BCUT2D eigenvalue weighted by Gasteiger charge is 2.30. The van der Waals surface area contributed by atoms with Gasteiger partial charge in [0.2, 0.25) is 0 Å². The van der Waals surface area contributed by atoms with Gasteiger partial charge in [-0.1, -0.05) is 26.7 Å². The number of likely N-dealkylation sites (tertiary alicyclic amines) is 1. The molecule has 1 saturated heterocycles. The van der Waals surface area contributed by atoms with E-state index in [1.165, 1.54) is 45.3 Å². The highest BCUT2D eigenvalue weighted by atomic mass is 15.1. The van der Waals surface area contributed by atoms with E-state index in [-0.39, 0.29) is 5.41 Å². The van der Waals surface area contributed by atoms with Crippen LogP contribution in [0, 0.1) is 22.2 Å². The first-order valence-corrected chi connectivity index (χ1v) is 7.60. The second kappa shape index (κ2) is 6.57. The van der Waals surface area contributed by atoms with E-state index < -0.39 is 0 Å². The molecule has 0 radical (unpaired) electrons. The molecule has 1 aliphatic heterocycles. The Morgan fingerprint density at radius 1 is 1.17 bits per heavy atom. The molecule has 2 heteroatoms.